The van der Waals surface area contributed by atoms with Gasteiger partial charge in [0.15, 0.2) is 5.69 Å². The summed E-state index contributed by atoms with van der Waals surface area (Å²) >= 11 is 6.30. The highest BCUT2D eigenvalue weighted by atomic mass is 35.5. The van der Waals surface area contributed by atoms with E-state index in [2.05, 4.69) is 42.9 Å². The van der Waals surface area contributed by atoms with Crippen LogP contribution in [0.5, 0.6) is 0 Å². The summed E-state index contributed by atoms with van der Waals surface area (Å²) in [5, 5.41) is 14.9. The fraction of sp³-hybridized carbons (Fsp3) is 0.188. The van der Waals surface area contributed by atoms with Crippen LogP contribution < -0.4 is 10.3 Å². The van der Waals surface area contributed by atoms with Gasteiger partial charge in [-0.1, -0.05) is 41.9 Å². The number of imidazole rings is 1. The van der Waals surface area contributed by atoms with E-state index in [1.54, 1.807) is 24.3 Å². The van der Waals surface area contributed by atoms with Gasteiger partial charge >= 0.3 is 0 Å². The second-order valence-corrected chi connectivity index (χ2v) is 11.2. The molecule has 2 aliphatic rings. The first-order valence-electron chi connectivity index (χ1n) is 14.1. The van der Waals surface area contributed by atoms with Crippen LogP contribution in [0.25, 0.3) is 23.0 Å². The number of rotatable bonds is 6. The average molecular weight is 592 g/mol. The van der Waals surface area contributed by atoms with Gasteiger partial charge in [-0.2, -0.15) is 4.68 Å². The molecule has 2 aromatic heterocycles. The minimum atomic E-state index is -0.252. The number of aromatic amines is 2. The van der Waals surface area contributed by atoms with Gasteiger partial charge < -0.3 is 10.2 Å². The number of likely N-dealkylation sites (tertiary alicyclic amines) is 1. The van der Waals surface area contributed by atoms with Crippen molar-refractivity contribution in [2.75, 3.05) is 11.9 Å². The first kappa shape index (κ1) is 26.8. The van der Waals surface area contributed by atoms with Crippen molar-refractivity contribution in [2.24, 2.45) is 0 Å². The lowest BCUT2D eigenvalue weighted by molar-refractivity contribution is -0.395. The number of carbonyl (C=O) groups is 2. The first-order chi connectivity index (χ1) is 21.0. The number of tetrazole rings is 1. The summed E-state index contributed by atoms with van der Waals surface area (Å²) in [4.78, 5) is 34.8. The molecule has 0 saturated carbocycles. The monoisotopic (exact) mass is 591 g/mol. The molecule has 0 unspecified atom stereocenters. The minimum absolute atomic E-state index is 0.00357. The Hall–Kier alpha value is -5.09. The van der Waals surface area contributed by atoms with Gasteiger partial charge in [-0.05, 0) is 76.9 Å². The van der Waals surface area contributed by atoms with Gasteiger partial charge in [0.05, 0.1) is 12.1 Å². The molecule has 2 aliphatic heterocycles. The van der Waals surface area contributed by atoms with Crippen molar-refractivity contribution in [3.8, 4) is 16.9 Å². The molecule has 0 aliphatic carbocycles. The Bertz CT molecular complexity index is 1830. The molecule has 4 heterocycles. The van der Waals surface area contributed by atoms with Crippen LogP contribution in [0.2, 0.25) is 5.02 Å². The van der Waals surface area contributed by atoms with Crippen LogP contribution in [0, 0.1) is 0 Å². The molecule has 1 fully saturated rings. The van der Waals surface area contributed by atoms with Crippen molar-refractivity contribution in [3.63, 3.8) is 0 Å². The predicted octanol–water partition coefficient (Wildman–Crippen LogP) is 4.78. The van der Waals surface area contributed by atoms with Crippen molar-refractivity contribution in [1.82, 2.24) is 30.1 Å². The van der Waals surface area contributed by atoms with Crippen LogP contribution in [-0.4, -0.2) is 48.5 Å². The predicted molar refractivity (Wildman–Crippen MR) is 161 cm³/mol. The van der Waals surface area contributed by atoms with Crippen molar-refractivity contribution in [1.29, 1.82) is 0 Å². The highest BCUT2D eigenvalue weighted by Crippen LogP contribution is 2.41. The number of piperidine rings is 1. The maximum absolute atomic E-state index is 13.9. The quantitative estimate of drug-likeness (QED) is 0.275. The molecule has 5 aromatic rings. The van der Waals surface area contributed by atoms with Crippen molar-refractivity contribution >= 4 is 35.2 Å². The molecule has 0 spiro atoms. The summed E-state index contributed by atoms with van der Waals surface area (Å²) in [5.74, 6) is 0.820. The molecular weight excluding hydrogens is 564 g/mol. The summed E-state index contributed by atoms with van der Waals surface area (Å²) in [6.45, 7) is 0.612. The SMILES string of the molecule is O=C1Cc2cc(-c3c[nH+]c([C@@H]4[C@H](c5ccccc5)CCCN4C(=O)/C=C/c4cc(Cl)ccc4-n4cnnn4)[nH]3)ccc2N1. The highest BCUT2D eigenvalue weighted by molar-refractivity contribution is 6.30. The molecule has 10 nitrogen and oxygen atoms in total. The average Bonchev–Trinajstić information content (AvgIpc) is 3.81. The van der Waals surface area contributed by atoms with Crippen LogP contribution >= 0.6 is 11.6 Å². The standard InChI is InChI=1S/C32H27ClN8O2/c33-24-10-12-28(41-19-35-38-39-41)22(16-24)9-13-30(43)40-14-4-7-25(20-5-2-1-3-6-20)31(40)32-34-18-27(37-32)21-8-11-26-23(15-21)17-29(42)36-26/h1-3,5-6,8-13,15-16,18-19,25,31H,4,7,14,17H2,(H,34,37)(H,36,42)/p+1/b13-9+/t25-,31-/m0/s1. The van der Waals surface area contributed by atoms with E-state index in [4.69, 9.17) is 11.6 Å². The Morgan fingerprint density at radius 1 is 1.09 bits per heavy atom. The van der Waals surface area contributed by atoms with Crippen molar-refractivity contribution in [2.45, 2.75) is 31.2 Å². The molecule has 1 saturated heterocycles. The highest BCUT2D eigenvalue weighted by Gasteiger charge is 2.40. The second-order valence-electron chi connectivity index (χ2n) is 10.8. The number of nitrogens with one attached hydrogen (secondary N) is 3. The number of carbonyl (C=O) groups excluding carboxylic acids is 2. The van der Waals surface area contributed by atoms with Crippen LogP contribution in [0.3, 0.4) is 0 Å². The van der Waals surface area contributed by atoms with Crippen LogP contribution in [0.15, 0.2) is 85.3 Å². The zero-order valence-corrected chi connectivity index (χ0v) is 23.8. The van der Waals surface area contributed by atoms with E-state index in [0.717, 1.165) is 46.7 Å². The van der Waals surface area contributed by atoms with Gasteiger partial charge in [0.2, 0.25) is 11.8 Å². The van der Waals surface area contributed by atoms with Crippen molar-refractivity contribution < 1.29 is 14.6 Å². The van der Waals surface area contributed by atoms with Gasteiger partial charge in [-0.15, -0.1) is 5.10 Å². The third-order valence-corrected chi connectivity index (χ3v) is 8.35. The van der Waals surface area contributed by atoms with E-state index in [9.17, 15) is 9.59 Å². The third kappa shape index (κ3) is 5.32. The maximum atomic E-state index is 13.9. The summed E-state index contributed by atoms with van der Waals surface area (Å²) in [7, 11) is 0. The summed E-state index contributed by atoms with van der Waals surface area (Å²) in [6.07, 6.45) is 8.97. The fourth-order valence-electron chi connectivity index (χ4n) is 6.12. The molecule has 7 rings (SSSR count). The number of halogens is 1. The van der Waals surface area contributed by atoms with Crippen LogP contribution in [0.1, 0.15) is 47.3 Å². The van der Waals surface area contributed by atoms with E-state index < -0.39 is 0 Å². The summed E-state index contributed by atoms with van der Waals surface area (Å²) in [5.41, 5.74) is 6.30. The van der Waals surface area contributed by atoms with E-state index in [0.29, 0.717) is 23.7 Å². The van der Waals surface area contributed by atoms with E-state index >= 15 is 0 Å². The number of benzene rings is 3. The smallest absolute Gasteiger partial charge is 0.276 e. The normalized spacial score (nSPS) is 18.2. The Morgan fingerprint density at radius 3 is 2.81 bits per heavy atom. The van der Waals surface area contributed by atoms with E-state index in [-0.39, 0.29) is 23.8 Å². The third-order valence-electron chi connectivity index (χ3n) is 8.11. The molecule has 11 heteroatoms. The lowest BCUT2D eigenvalue weighted by atomic mass is 9.83. The largest absolute Gasteiger partial charge is 0.326 e. The van der Waals surface area contributed by atoms with Crippen LogP contribution in [-0.2, 0) is 16.0 Å². The number of aromatic nitrogens is 6. The number of nitrogens with zero attached hydrogens (tertiary/aromatic N) is 5. The van der Waals surface area contributed by atoms with E-state index in [1.807, 2.05) is 53.6 Å². The lowest BCUT2D eigenvalue weighted by Crippen LogP contribution is -2.43. The molecule has 0 radical (unpaired) electrons. The second kappa shape index (κ2) is 11.3. The Kier molecular flexibility index (Phi) is 7.04. The Labute approximate surface area is 252 Å². The first-order valence-corrected chi connectivity index (χ1v) is 14.5. The number of hydrogen-bond donors (Lipinski definition) is 2. The number of hydrogen-bond acceptors (Lipinski definition) is 5. The number of anilines is 1. The van der Waals surface area contributed by atoms with Crippen LogP contribution in [0.4, 0.5) is 5.69 Å². The van der Waals surface area contributed by atoms with Gasteiger partial charge in [0.1, 0.15) is 18.6 Å². The molecule has 43 heavy (non-hydrogen) atoms. The van der Waals surface area contributed by atoms with E-state index in [1.165, 1.54) is 16.6 Å². The summed E-state index contributed by atoms with van der Waals surface area (Å²) in [6, 6.07) is 21.4. The number of amides is 2. The molecule has 214 valence electrons. The maximum Gasteiger partial charge on any atom is 0.276 e. The zero-order valence-electron chi connectivity index (χ0n) is 23.1. The van der Waals surface area contributed by atoms with Gasteiger partial charge in [-0.25, -0.2) is 9.97 Å². The molecule has 2 atom stereocenters. The summed E-state index contributed by atoms with van der Waals surface area (Å²) < 4.78 is 1.54. The van der Waals surface area contributed by atoms with Gasteiger partial charge in [0.25, 0.3) is 5.82 Å². The number of fused-ring (bicyclic) bond motifs is 1. The number of H-pyrrole nitrogens is 2. The molecule has 2 amide bonds. The molecular formula is C32H28ClN8O2+. The molecule has 3 N–H and O–H groups in total. The fourth-order valence-corrected chi connectivity index (χ4v) is 6.30. The lowest BCUT2D eigenvalue weighted by Gasteiger charge is -2.38. The molecule has 3 aromatic carbocycles. The van der Waals surface area contributed by atoms with Gasteiger partial charge in [-0.3, -0.25) is 9.59 Å². The van der Waals surface area contributed by atoms with Gasteiger partial charge in [0, 0.05) is 40.4 Å². The topological polar surface area (TPSA) is 123 Å². The Balaban J connectivity index is 1.23. The minimum Gasteiger partial charge on any atom is -0.326 e. The van der Waals surface area contributed by atoms with Crippen molar-refractivity contribution in [3.05, 3.63) is 113 Å². The molecule has 0 bridgehead atoms. The zero-order chi connectivity index (χ0) is 29.3. The Morgan fingerprint density at radius 2 is 1.98 bits per heavy atom.